The van der Waals surface area contributed by atoms with E-state index in [4.69, 9.17) is 35.4 Å². The summed E-state index contributed by atoms with van der Waals surface area (Å²) in [6.07, 6.45) is 3.40. The number of nitrogens with zero attached hydrogens (tertiary/aromatic N) is 2. The van der Waals surface area contributed by atoms with Crippen molar-refractivity contribution in [1.82, 2.24) is 14.6 Å². The van der Waals surface area contributed by atoms with Gasteiger partial charge in [-0.2, -0.15) is 4.31 Å². The lowest BCUT2D eigenvalue weighted by atomic mass is 10.2. The summed E-state index contributed by atoms with van der Waals surface area (Å²) in [5.41, 5.74) is 2.82. The van der Waals surface area contributed by atoms with E-state index < -0.39 is 15.8 Å². The summed E-state index contributed by atoms with van der Waals surface area (Å²) in [7, 11) is -3.97. The highest BCUT2D eigenvalue weighted by Gasteiger charge is 2.26. The summed E-state index contributed by atoms with van der Waals surface area (Å²) in [5.74, 6) is -0.405. The molecule has 4 aromatic rings. The maximum Gasteiger partial charge on any atom is 0.243 e. The molecule has 2 N–H and O–H groups in total. The van der Waals surface area contributed by atoms with Crippen LogP contribution in [0.15, 0.2) is 96.2 Å². The van der Waals surface area contributed by atoms with Gasteiger partial charge in [-0.1, -0.05) is 35.3 Å². The van der Waals surface area contributed by atoms with Crippen LogP contribution in [0.5, 0.6) is 0 Å². The van der Waals surface area contributed by atoms with Crippen LogP contribution in [0.1, 0.15) is 16.7 Å². The molecule has 0 saturated heterocycles. The van der Waals surface area contributed by atoms with E-state index >= 15 is 0 Å². The molecule has 1 heterocycles. The molecule has 6 nitrogen and oxygen atoms in total. The van der Waals surface area contributed by atoms with E-state index in [-0.39, 0.29) is 18.0 Å². The Balaban J connectivity index is 1.52. The lowest BCUT2D eigenvalue weighted by molar-refractivity contribution is 0.401. The molecule has 0 bridgehead atoms. The first-order chi connectivity index (χ1) is 18.2. The molecule has 0 atom stereocenters. The first kappa shape index (κ1) is 27.9. The van der Waals surface area contributed by atoms with Crippen LogP contribution < -0.4 is 10.6 Å². The Bertz CT molecular complexity index is 1500. The number of anilines is 1. The molecule has 0 unspecified atom stereocenters. The minimum atomic E-state index is -3.97. The van der Waals surface area contributed by atoms with Crippen LogP contribution in [0.2, 0.25) is 10.0 Å². The van der Waals surface area contributed by atoms with Crippen molar-refractivity contribution in [3.05, 3.63) is 124 Å². The highest BCUT2D eigenvalue weighted by molar-refractivity contribution is 7.89. The van der Waals surface area contributed by atoms with Crippen LogP contribution >= 0.6 is 35.4 Å². The average Bonchev–Trinajstić information content (AvgIpc) is 2.91. The van der Waals surface area contributed by atoms with Crippen molar-refractivity contribution in [1.29, 1.82) is 0 Å². The van der Waals surface area contributed by atoms with E-state index in [0.717, 1.165) is 5.56 Å². The highest BCUT2D eigenvalue weighted by Crippen LogP contribution is 2.27. The number of aromatic nitrogens is 1. The molecule has 0 aliphatic rings. The summed E-state index contributed by atoms with van der Waals surface area (Å²) < 4.78 is 42.1. The van der Waals surface area contributed by atoms with Gasteiger partial charge >= 0.3 is 0 Å². The van der Waals surface area contributed by atoms with Gasteiger partial charge in [0.2, 0.25) is 10.0 Å². The van der Waals surface area contributed by atoms with Crippen molar-refractivity contribution < 1.29 is 12.8 Å². The van der Waals surface area contributed by atoms with Gasteiger partial charge in [-0.15, -0.1) is 0 Å². The Morgan fingerprint density at radius 2 is 1.58 bits per heavy atom. The summed E-state index contributed by atoms with van der Waals surface area (Å²) in [6, 6.07) is 20.6. The first-order valence-electron chi connectivity index (χ1n) is 11.4. The largest absolute Gasteiger partial charge is 0.358 e. The summed E-state index contributed by atoms with van der Waals surface area (Å²) >= 11 is 17.8. The van der Waals surface area contributed by atoms with Gasteiger partial charge in [0.1, 0.15) is 5.82 Å². The molecular formula is C27H23Cl2FN4O2S2. The molecule has 0 aliphatic heterocycles. The van der Waals surface area contributed by atoms with E-state index in [1.54, 1.807) is 54.9 Å². The van der Waals surface area contributed by atoms with Gasteiger partial charge in [0, 0.05) is 47.8 Å². The quantitative estimate of drug-likeness (QED) is 0.220. The van der Waals surface area contributed by atoms with Gasteiger partial charge < -0.3 is 10.6 Å². The smallest absolute Gasteiger partial charge is 0.243 e. The van der Waals surface area contributed by atoms with Crippen molar-refractivity contribution in [2.75, 3.05) is 5.32 Å². The zero-order valence-electron chi connectivity index (χ0n) is 19.9. The van der Waals surface area contributed by atoms with E-state index in [1.165, 1.54) is 28.6 Å². The van der Waals surface area contributed by atoms with Gasteiger partial charge in [0.05, 0.1) is 4.90 Å². The lowest BCUT2D eigenvalue weighted by Gasteiger charge is -2.23. The highest BCUT2D eigenvalue weighted by atomic mass is 35.5. The number of thiocarbonyl (C=S) groups is 1. The normalized spacial score (nSPS) is 11.4. The molecule has 196 valence electrons. The van der Waals surface area contributed by atoms with Crippen LogP contribution in [0, 0.1) is 5.82 Å². The average molecular weight is 590 g/mol. The van der Waals surface area contributed by atoms with Gasteiger partial charge in [-0.05, 0) is 95.6 Å². The first-order valence-corrected chi connectivity index (χ1v) is 14.0. The number of benzene rings is 3. The molecule has 0 aliphatic carbocycles. The maximum atomic E-state index is 13.7. The van der Waals surface area contributed by atoms with Gasteiger partial charge in [0.15, 0.2) is 5.11 Å². The second-order valence-electron chi connectivity index (χ2n) is 8.32. The van der Waals surface area contributed by atoms with Crippen LogP contribution in [-0.2, 0) is 29.7 Å². The monoisotopic (exact) mass is 588 g/mol. The number of halogens is 3. The Kier molecular flexibility index (Phi) is 9.30. The van der Waals surface area contributed by atoms with Crippen molar-refractivity contribution in [3.63, 3.8) is 0 Å². The zero-order chi connectivity index (χ0) is 27.1. The number of hydrogen-bond acceptors (Lipinski definition) is 4. The second kappa shape index (κ2) is 12.6. The van der Waals surface area contributed by atoms with Crippen LogP contribution in [-0.4, -0.2) is 22.8 Å². The predicted octanol–water partition coefficient (Wildman–Crippen LogP) is 6.41. The fourth-order valence-electron chi connectivity index (χ4n) is 3.59. The summed E-state index contributed by atoms with van der Waals surface area (Å²) in [4.78, 5) is 4.06. The lowest BCUT2D eigenvalue weighted by Crippen LogP contribution is -2.30. The topological polar surface area (TPSA) is 74.3 Å². The standard InChI is InChI=1S/C27H23Cl2FN4O2S2/c28-22-3-10-26(29)21(15-22)18-34(17-20-1-4-23(30)5-2-20)38(35,36)25-8-6-24(7-9-25)33-27(37)32-16-19-11-13-31-14-12-19/h1-15H,16-18H2,(H2,32,33,37). The van der Waals surface area contributed by atoms with Crippen LogP contribution in [0.25, 0.3) is 0 Å². The Morgan fingerprint density at radius 1 is 0.895 bits per heavy atom. The molecule has 38 heavy (non-hydrogen) atoms. The molecule has 0 radical (unpaired) electrons. The number of rotatable bonds is 9. The fraction of sp³-hybridized carbons (Fsp3) is 0.111. The summed E-state index contributed by atoms with van der Waals surface area (Å²) in [6.45, 7) is 0.502. The molecule has 11 heteroatoms. The van der Waals surface area contributed by atoms with Gasteiger partial charge in [-0.3, -0.25) is 4.98 Å². The number of hydrogen-bond donors (Lipinski definition) is 2. The minimum Gasteiger partial charge on any atom is -0.358 e. The van der Waals surface area contributed by atoms with E-state index in [2.05, 4.69) is 15.6 Å². The predicted molar refractivity (Wildman–Crippen MR) is 153 cm³/mol. The second-order valence-corrected chi connectivity index (χ2v) is 11.5. The van der Waals surface area contributed by atoms with Crippen molar-refractivity contribution in [3.8, 4) is 0 Å². The van der Waals surface area contributed by atoms with Crippen LogP contribution in [0.4, 0.5) is 10.1 Å². The van der Waals surface area contributed by atoms with Gasteiger partial charge in [-0.25, -0.2) is 12.8 Å². The van der Waals surface area contributed by atoms with Crippen molar-refractivity contribution in [2.45, 2.75) is 24.5 Å². The fourth-order valence-corrected chi connectivity index (χ4v) is 5.56. The third-order valence-corrected chi connectivity index (χ3v) is 8.24. The Morgan fingerprint density at radius 3 is 2.26 bits per heavy atom. The third kappa shape index (κ3) is 7.49. The molecule has 0 amide bonds. The molecule has 0 saturated carbocycles. The number of pyridine rings is 1. The molecule has 0 spiro atoms. The summed E-state index contributed by atoms with van der Waals surface area (Å²) in [5, 5.41) is 7.36. The molecular weight excluding hydrogens is 566 g/mol. The van der Waals surface area contributed by atoms with Crippen molar-refractivity contribution in [2.24, 2.45) is 0 Å². The van der Waals surface area contributed by atoms with Crippen LogP contribution in [0.3, 0.4) is 0 Å². The number of nitrogens with one attached hydrogen (secondary N) is 2. The maximum absolute atomic E-state index is 13.7. The molecule has 3 aromatic carbocycles. The Hall–Kier alpha value is -3.08. The SMILES string of the molecule is O=S(=O)(c1ccc(NC(=S)NCc2ccncc2)cc1)N(Cc1ccc(F)cc1)Cc1cc(Cl)ccc1Cl. The molecule has 4 rings (SSSR count). The Labute approximate surface area is 236 Å². The van der Waals surface area contributed by atoms with E-state index in [9.17, 15) is 12.8 Å². The number of sulfonamides is 1. The third-order valence-electron chi connectivity index (χ3n) is 5.58. The minimum absolute atomic E-state index is 0.00840. The van der Waals surface area contributed by atoms with E-state index in [0.29, 0.717) is 38.5 Å². The van der Waals surface area contributed by atoms with Gasteiger partial charge in [0.25, 0.3) is 0 Å². The molecule has 0 fully saturated rings. The molecule has 1 aromatic heterocycles. The zero-order valence-corrected chi connectivity index (χ0v) is 23.1. The van der Waals surface area contributed by atoms with Crippen molar-refractivity contribution >= 4 is 56.2 Å². The van der Waals surface area contributed by atoms with E-state index in [1.807, 2.05) is 12.1 Å².